The molecule has 0 heterocycles. The molecule has 0 bridgehead atoms. The maximum atomic E-state index is 13.3. The molecule has 5 nitrogen and oxygen atoms in total. The van der Waals surface area contributed by atoms with Gasteiger partial charge in [0.1, 0.15) is 5.82 Å². The van der Waals surface area contributed by atoms with Crippen molar-refractivity contribution in [1.82, 2.24) is 5.32 Å². The highest BCUT2D eigenvalue weighted by Gasteiger charge is 2.51. The van der Waals surface area contributed by atoms with Crippen molar-refractivity contribution < 1.29 is 17.6 Å². The molecule has 0 spiro atoms. The number of rotatable bonds is 6. The molecule has 8 heteroatoms. The first-order chi connectivity index (χ1) is 14.3. The third kappa shape index (κ3) is 4.32. The van der Waals surface area contributed by atoms with Crippen LogP contribution in [0.1, 0.15) is 50.5 Å². The van der Waals surface area contributed by atoms with E-state index in [9.17, 15) is 17.6 Å². The van der Waals surface area contributed by atoms with Gasteiger partial charge in [-0.15, -0.1) is 0 Å². The van der Waals surface area contributed by atoms with Crippen molar-refractivity contribution in [3.05, 3.63) is 58.9 Å². The Morgan fingerprint density at radius 2 is 1.70 bits per heavy atom. The van der Waals surface area contributed by atoms with Gasteiger partial charge in [0.15, 0.2) is 0 Å². The summed E-state index contributed by atoms with van der Waals surface area (Å²) in [4.78, 5) is 12.8. The fourth-order valence-corrected chi connectivity index (χ4v) is 5.39. The first-order valence-corrected chi connectivity index (χ1v) is 12.1. The van der Waals surface area contributed by atoms with Gasteiger partial charge in [-0.05, 0) is 61.6 Å². The van der Waals surface area contributed by atoms with Crippen LogP contribution >= 0.6 is 11.6 Å². The van der Waals surface area contributed by atoms with Crippen molar-refractivity contribution in [3.8, 4) is 0 Å². The van der Waals surface area contributed by atoms with Crippen molar-refractivity contribution >= 4 is 33.2 Å². The number of hydrogen-bond donors (Lipinski definition) is 2. The Bertz CT molecular complexity index is 1050. The Balaban J connectivity index is 1.46. The lowest BCUT2D eigenvalue weighted by Gasteiger charge is -2.25. The van der Waals surface area contributed by atoms with Gasteiger partial charge in [-0.2, -0.15) is 0 Å². The molecule has 2 aromatic rings. The molecule has 2 saturated carbocycles. The molecule has 1 amide bonds. The Morgan fingerprint density at radius 1 is 1.03 bits per heavy atom. The summed E-state index contributed by atoms with van der Waals surface area (Å²) in [6.07, 6.45) is 7.22. The fourth-order valence-electron chi connectivity index (χ4n) is 4.06. The number of carbonyl (C=O) groups excluding carboxylic acids is 1. The minimum Gasteiger partial charge on any atom is -0.353 e. The second-order valence-electron chi connectivity index (χ2n) is 8.15. The van der Waals surface area contributed by atoms with Crippen LogP contribution in [-0.4, -0.2) is 20.4 Å². The van der Waals surface area contributed by atoms with E-state index in [1.807, 2.05) is 0 Å². The predicted octanol–water partition coefficient (Wildman–Crippen LogP) is 4.76. The SMILES string of the molecule is O=C(NC1CCCCC1)C1(c2ccc(NS(=O)(=O)c3ccc(F)c(Cl)c3)cc2)CC1. The van der Waals surface area contributed by atoms with Crippen molar-refractivity contribution in [3.63, 3.8) is 0 Å². The van der Waals surface area contributed by atoms with Crippen molar-refractivity contribution in [2.45, 2.75) is 61.3 Å². The summed E-state index contributed by atoms with van der Waals surface area (Å²) in [5.74, 6) is -0.607. The van der Waals surface area contributed by atoms with Crippen molar-refractivity contribution in [2.24, 2.45) is 0 Å². The second kappa shape index (κ2) is 8.19. The summed E-state index contributed by atoms with van der Waals surface area (Å²) >= 11 is 5.70. The normalized spacial score (nSPS) is 18.6. The Labute approximate surface area is 181 Å². The summed E-state index contributed by atoms with van der Waals surface area (Å²) in [6.45, 7) is 0. The average molecular weight is 451 g/mol. The van der Waals surface area contributed by atoms with E-state index in [0.717, 1.165) is 62.3 Å². The summed E-state index contributed by atoms with van der Waals surface area (Å²) < 4.78 is 40.8. The number of amides is 1. The van der Waals surface area contributed by atoms with Crippen LogP contribution in [0.5, 0.6) is 0 Å². The highest BCUT2D eigenvalue weighted by Crippen LogP contribution is 2.49. The number of anilines is 1. The molecular formula is C22H24ClFN2O3S. The maximum Gasteiger partial charge on any atom is 0.261 e. The number of hydrogen-bond acceptors (Lipinski definition) is 3. The summed E-state index contributed by atoms with van der Waals surface area (Å²) in [7, 11) is -3.90. The van der Waals surface area contributed by atoms with Gasteiger partial charge in [-0.25, -0.2) is 12.8 Å². The standard InChI is InChI=1S/C22H24ClFN2O3S/c23-19-14-18(10-11-20(19)24)30(28,29)26-17-8-6-15(7-9-17)22(12-13-22)21(27)25-16-4-2-1-3-5-16/h6-11,14,16,26H,1-5,12-13H2,(H,25,27). The summed E-state index contributed by atoms with van der Waals surface area (Å²) in [5.41, 5.74) is 0.755. The van der Waals surface area contributed by atoms with E-state index in [-0.39, 0.29) is 21.9 Å². The third-order valence-corrected chi connectivity index (χ3v) is 7.68. The van der Waals surface area contributed by atoms with Crippen LogP contribution in [-0.2, 0) is 20.2 Å². The van der Waals surface area contributed by atoms with Crippen LogP contribution in [0, 0.1) is 5.82 Å². The molecule has 2 N–H and O–H groups in total. The predicted molar refractivity (Wildman–Crippen MR) is 115 cm³/mol. The zero-order valence-electron chi connectivity index (χ0n) is 16.5. The smallest absolute Gasteiger partial charge is 0.261 e. The minimum absolute atomic E-state index is 0.0729. The van der Waals surface area contributed by atoms with Gasteiger partial charge in [0, 0.05) is 11.7 Å². The lowest BCUT2D eigenvalue weighted by Crippen LogP contribution is -2.42. The zero-order valence-corrected chi connectivity index (χ0v) is 18.0. The van der Waals surface area contributed by atoms with Gasteiger partial charge in [-0.1, -0.05) is 43.0 Å². The van der Waals surface area contributed by atoms with Gasteiger partial charge in [0.25, 0.3) is 10.0 Å². The number of nitrogens with one attached hydrogen (secondary N) is 2. The molecule has 0 aliphatic heterocycles. The van der Waals surface area contributed by atoms with E-state index in [0.29, 0.717) is 5.69 Å². The lowest BCUT2D eigenvalue weighted by atomic mass is 9.91. The average Bonchev–Trinajstić information content (AvgIpc) is 3.53. The number of sulfonamides is 1. The second-order valence-corrected chi connectivity index (χ2v) is 10.2. The quantitative estimate of drug-likeness (QED) is 0.666. The van der Waals surface area contributed by atoms with E-state index in [1.54, 1.807) is 24.3 Å². The Morgan fingerprint density at radius 3 is 2.30 bits per heavy atom. The zero-order chi connectivity index (χ0) is 21.4. The number of benzene rings is 2. The van der Waals surface area contributed by atoms with Crippen LogP contribution < -0.4 is 10.0 Å². The lowest BCUT2D eigenvalue weighted by molar-refractivity contribution is -0.124. The van der Waals surface area contributed by atoms with Crippen LogP contribution in [0.2, 0.25) is 5.02 Å². The van der Waals surface area contributed by atoms with Crippen LogP contribution in [0.15, 0.2) is 47.4 Å². The van der Waals surface area contributed by atoms with Gasteiger partial charge in [0.05, 0.1) is 15.3 Å². The topological polar surface area (TPSA) is 75.3 Å². The molecule has 2 aromatic carbocycles. The molecule has 2 aliphatic rings. The molecule has 4 rings (SSSR count). The third-order valence-electron chi connectivity index (χ3n) is 6.02. The number of halogens is 2. The Hall–Kier alpha value is -2.12. The highest BCUT2D eigenvalue weighted by atomic mass is 35.5. The van der Waals surface area contributed by atoms with Crippen LogP contribution in [0.3, 0.4) is 0 Å². The van der Waals surface area contributed by atoms with E-state index >= 15 is 0 Å². The summed E-state index contributed by atoms with van der Waals surface area (Å²) in [5, 5.41) is 2.95. The van der Waals surface area contributed by atoms with Crippen molar-refractivity contribution in [2.75, 3.05) is 4.72 Å². The molecule has 0 radical (unpaired) electrons. The molecular weight excluding hydrogens is 427 g/mol. The maximum absolute atomic E-state index is 13.3. The van der Waals surface area contributed by atoms with E-state index in [4.69, 9.17) is 11.6 Å². The van der Waals surface area contributed by atoms with E-state index in [1.165, 1.54) is 6.42 Å². The fraction of sp³-hybridized carbons (Fsp3) is 0.409. The van der Waals surface area contributed by atoms with Gasteiger partial charge in [-0.3, -0.25) is 9.52 Å². The first kappa shape index (κ1) is 21.1. The van der Waals surface area contributed by atoms with Crippen LogP contribution in [0.4, 0.5) is 10.1 Å². The number of carbonyl (C=O) groups is 1. The van der Waals surface area contributed by atoms with E-state index in [2.05, 4.69) is 10.0 Å². The van der Waals surface area contributed by atoms with Gasteiger partial charge < -0.3 is 5.32 Å². The Kier molecular flexibility index (Phi) is 5.77. The molecule has 0 unspecified atom stereocenters. The largest absolute Gasteiger partial charge is 0.353 e. The van der Waals surface area contributed by atoms with Crippen molar-refractivity contribution in [1.29, 1.82) is 0 Å². The molecule has 2 aliphatic carbocycles. The molecule has 0 saturated heterocycles. The first-order valence-electron chi connectivity index (χ1n) is 10.2. The molecule has 2 fully saturated rings. The highest BCUT2D eigenvalue weighted by molar-refractivity contribution is 7.92. The molecule has 160 valence electrons. The summed E-state index contributed by atoms with van der Waals surface area (Å²) in [6, 6.07) is 10.4. The molecule has 0 aromatic heterocycles. The molecule has 30 heavy (non-hydrogen) atoms. The monoisotopic (exact) mass is 450 g/mol. The van der Waals surface area contributed by atoms with E-state index < -0.39 is 21.3 Å². The van der Waals surface area contributed by atoms with Gasteiger partial charge >= 0.3 is 0 Å². The molecule has 0 atom stereocenters. The minimum atomic E-state index is -3.90. The van der Waals surface area contributed by atoms with Gasteiger partial charge in [0.2, 0.25) is 5.91 Å². The van der Waals surface area contributed by atoms with Crippen LogP contribution in [0.25, 0.3) is 0 Å².